The van der Waals surface area contributed by atoms with Gasteiger partial charge in [-0.25, -0.2) is 4.79 Å². The zero-order valence-electron chi connectivity index (χ0n) is 14.7. The Hall–Kier alpha value is -2.15. The smallest absolute Gasteiger partial charge is 0.526 e. The summed E-state index contributed by atoms with van der Waals surface area (Å²) in [4.78, 5) is 35.3. The molecule has 1 aliphatic heterocycles. The van der Waals surface area contributed by atoms with Crippen molar-refractivity contribution in [3.63, 3.8) is 0 Å². The van der Waals surface area contributed by atoms with Crippen molar-refractivity contribution in [2.45, 2.75) is 52.3 Å². The van der Waals surface area contributed by atoms with Crippen LogP contribution < -0.4 is 4.65 Å². The molecule has 0 fully saturated rings. The molecule has 0 amide bonds. The number of fused-ring (bicyclic) bond motifs is 1. The van der Waals surface area contributed by atoms with Gasteiger partial charge in [-0.1, -0.05) is 32.9 Å². The van der Waals surface area contributed by atoms with Crippen molar-refractivity contribution >= 4 is 24.7 Å². The third kappa shape index (κ3) is 4.69. The van der Waals surface area contributed by atoms with Crippen LogP contribution in [0.5, 0.6) is 5.75 Å². The second-order valence-corrected chi connectivity index (χ2v) is 7.49. The lowest BCUT2D eigenvalue weighted by atomic mass is 9.64. The van der Waals surface area contributed by atoms with Crippen LogP contribution in [-0.2, 0) is 16.0 Å². The molecule has 2 rings (SSSR count). The molecule has 0 bridgehead atoms. The van der Waals surface area contributed by atoms with Crippen molar-refractivity contribution in [3.8, 4) is 5.75 Å². The Kier molecular flexibility index (Phi) is 5.67. The highest BCUT2D eigenvalue weighted by Gasteiger charge is 2.37. The predicted molar refractivity (Wildman–Crippen MR) is 92.8 cm³/mol. The minimum Gasteiger partial charge on any atom is -0.535 e. The molecule has 0 radical (unpaired) electrons. The molecule has 1 aromatic rings. The van der Waals surface area contributed by atoms with Gasteiger partial charge in [-0.3, -0.25) is 9.59 Å². The number of carbonyl (C=O) groups excluding carboxylic acids is 2. The van der Waals surface area contributed by atoms with E-state index in [1.54, 1.807) is 12.1 Å². The van der Waals surface area contributed by atoms with Crippen LogP contribution in [0.3, 0.4) is 0 Å². The summed E-state index contributed by atoms with van der Waals surface area (Å²) in [7, 11) is -1.24. The number of Topliss-reactive ketones (excluding diaryl/α,β-unsaturated/α-hetero) is 2. The largest absolute Gasteiger partial charge is 0.535 e. The van der Waals surface area contributed by atoms with E-state index in [1.807, 2.05) is 20.8 Å². The maximum Gasteiger partial charge on any atom is 0.526 e. The minimum atomic E-state index is -1.24. The zero-order chi connectivity index (χ0) is 18.8. The Morgan fingerprint density at radius 1 is 1.24 bits per heavy atom. The lowest BCUT2D eigenvalue weighted by molar-refractivity contribution is -0.129. The van der Waals surface area contributed by atoms with E-state index in [0.717, 1.165) is 0 Å². The van der Waals surface area contributed by atoms with Crippen molar-refractivity contribution in [2.24, 2.45) is 5.41 Å². The Balaban J connectivity index is 2.00. The molecule has 134 valence electrons. The highest BCUT2D eigenvalue weighted by Crippen LogP contribution is 2.36. The van der Waals surface area contributed by atoms with Crippen LogP contribution in [0, 0.1) is 5.41 Å². The molecular weight excluding hydrogens is 323 g/mol. The number of hydrogen-bond donors (Lipinski definition) is 2. The van der Waals surface area contributed by atoms with Crippen LogP contribution in [-0.4, -0.2) is 34.8 Å². The molecule has 0 unspecified atom stereocenters. The molecule has 2 N–H and O–H groups in total. The number of carboxylic acids is 1. The molecular formula is C18H23BO6. The Bertz CT molecular complexity index is 691. The molecule has 1 atom stereocenters. The van der Waals surface area contributed by atoms with Gasteiger partial charge in [-0.15, -0.1) is 0 Å². The molecule has 0 saturated heterocycles. The van der Waals surface area contributed by atoms with E-state index in [-0.39, 0.29) is 42.1 Å². The van der Waals surface area contributed by atoms with Crippen LogP contribution in [0.25, 0.3) is 0 Å². The number of hydrogen-bond acceptors (Lipinski definition) is 5. The SMILES string of the molecule is CC(C)(C)C(=O)CCC(=O)C[C@H]1Cc2cccc(C(=O)O)c2OB1O. The number of benzene rings is 1. The molecule has 0 aliphatic carbocycles. The number of aromatic carboxylic acids is 1. The third-order valence-electron chi connectivity index (χ3n) is 4.41. The van der Waals surface area contributed by atoms with E-state index in [2.05, 4.69) is 0 Å². The Labute approximate surface area is 147 Å². The first-order chi connectivity index (χ1) is 11.6. The van der Waals surface area contributed by atoms with Gasteiger partial charge in [0.2, 0.25) is 0 Å². The number of carboxylic acid groups (broad SMARTS) is 1. The monoisotopic (exact) mass is 346 g/mol. The number of para-hydroxylation sites is 1. The zero-order valence-corrected chi connectivity index (χ0v) is 14.7. The minimum absolute atomic E-state index is 0.00268. The van der Waals surface area contributed by atoms with E-state index in [4.69, 9.17) is 4.65 Å². The molecule has 1 aliphatic rings. The highest BCUT2D eigenvalue weighted by molar-refractivity contribution is 6.47. The van der Waals surface area contributed by atoms with Gasteiger partial charge in [0, 0.05) is 30.5 Å². The van der Waals surface area contributed by atoms with E-state index in [9.17, 15) is 24.5 Å². The van der Waals surface area contributed by atoms with Gasteiger partial charge >= 0.3 is 13.1 Å². The van der Waals surface area contributed by atoms with E-state index >= 15 is 0 Å². The van der Waals surface area contributed by atoms with Gasteiger partial charge in [0.25, 0.3) is 0 Å². The maximum absolute atomic E-state index is 12.2. The predicted octanol–water partition coefficient (Wildman–Crippen LogP) is 2.53. The van der Waals surface area contributed by atoms with Gasteiger partial charge < -0.3 is 14.8 Å². The average molecular weight is 346 g/mol. The molecule has 1 heterocycles. The number of ketones is 2. The summed E-state index contributed by atoms with van der Waals surface area (Å²) >= 11 is 0. The second-order valence-electron chi connectivity index (χ2n) is 7.49. The third-order valence-corrected chi connectivity index (χ3v) is 4.41. The first-order valence-electron chi connectivity index (χ1n) is 8.34. The summed E-state index contributed by atoms with van der Waals surface area (Å²) < 4.78 is 5.37. The summed E-state index contributed by atoms with van der Waals surface area (Å²) in [6.45, 7) is 5.44. The van der Waals surface area contributed by atoms with Crippen LogP contribution in [0.2, 0.25) is 5.82 Å². The summed E-state index contributed by atoms with van der Waals surface area (Å²) in [6, 6.07) is 4.76. The van der Waals surface area contributed by atoms with E-state index in [1.165, 1.54) is 6.07 Å². The van der Waals surface area contributed by atoms with Crippen molar-refractivity contribution < 1.29 is 29.2 Å². The Morgan fingerprint density at radius 3 is 2.52 bits per heavy atom. The lowest BCUT2D eigenvalue weighted by Crippen LogP contribution is -2.36. The molecule has 7 heteroatoms. The molecule has 1 aromatic carbocycles. The summed E-state index contributed by atoms with van der Waals surface area (Å²) in [6.07, 6.45) is 0.777. The normalized spacial score (nSPS) is 16.8. The fourth-order valence-electron chi connectivity index (χ4n) is 2.85. The Morgan fingerprint density at radius 2 is 1.92 bits per heavy atom. The number of rotatable bonds is 6. The average Bonchev–Trinajstić information content (AvgIpc) is 2.51. The standard InChI is InChI=1S/C18H23BO6/c1-18(2,3)15(21)8-7-13(20)10-12-9-11-5-4-6-14(17(22)23)16(11)25-19(12)24/h4-6,12,24H,7-10H2,1-3H3,(H,22,23)/t12-/m1/s1. The highest BCUT2D eigenvalue weighted by atomic mass is 16.5. The van der Waals surface area contributed by atoms with Gasteiger partial charge in [0.1, 0.15) is 17.3 Å². The number of carbonyl (C=O) groups is 3. The second kappa shape index (κ2) is 7.39. The van der Waals surface area contributed by atoms with Crippen LogP contribution in [0.4, 0.5) is 0 Å². The lowest BCUT2D eigenvalue weighted by Gasteiger charge is -2.28. The van der Waals surface area contributed by atoms with Crippen molar-refractivity contribution in [1.29, 1.82) is 0 Å². The van der Waals surface area contributed by atoms with Crippen molar-refractivity contribution in [2.75, 3.05) is 0 Å². The van der Waals surface area contributed by atoms with Crippen LogP contribution in [0.1, 0.15) is 56.0 Å². The summed E-state index contributed by atoms with van der Waals surface area (Å²) in [5.41, 5.74) is 0.186. The summed E-state index contributed by atoms with van der Waals surface area (Å²) in [5, 5.41) is 19.3. The molecule has 0 spiro atoms. The van der Waals surface area contributed by atoms with Crippen LogP contribution in [0.15, 0.2) is 18.2 Å². The quantitative estimate of drug-likeness (QED) is 0.768. The molecule has 25 heavy (non-hydrogen) atoms. The maximum atomic E-state index is 12.2. The van der Waals surface area contributed by atoms with Gasteiger partial charge in [0.15, 0.2) is 0 Å². The van der Waals surface area contributed by atoms with E-state index < -0.39 is 24.3 Å². The fourth-order valence-corrected chi connectivity index (χ4v) is 2.85. The first-order valence-corrected chi connectivity index (χ1v) is 8.34. The van der Waals surface area contributed by atoms with E-state index in [0.29, 0.717) is 12.0 Å². The molecule has 0 aromatic heterocycles. The summed E-state index contributed by atoms with van der Waals surface area (Å²) in [5.74, 6) is -1.50. The van der Waals surface area contributed by atoms with Gasteiger partial charge in [0.05, 0.1) is 5.56 Å². The molecule has 0 saturated carbocycles. The van der Waals surface area contributed by atoms with Crippen LogP contribution >= 0.6 is 0 Å². The molecule has 6 nitrogen and oxygen atoms in total. The topological polar surface area (TPSA) is 101 Å². The van der Waals surface area contributed by atoms with Crippen molar-refractivity contribution in [3.05, 3.63) is 29.3 Å². The first kappa shape index (κ1) is 19.2. The van der Waals surface area contributed by atoms with Crippen molar-refractivity contribution in [1.82, 2.24) is 0 Å². The fraction of sp³-hybridized carbons (Fsp3) is 0.500. The van der Waals surface area contributed by atoms with Gasteiger partial charge in [-0.2, -0.15) is 0 Å². The van der Waals surface area contributed by atoms with Gasteiger partial charge in [-0.05, 0) is 18.1 Å².